The van der Waals surface area contributed by atoms with E-state index in [0.717, 1.165) is 11.3 Å². The van der Waals surface area contributed by atoms with E-state index in [-0.39, 0.29) is 0 Å². The van der Waals surface area contributed by atoms with Crippen LogP contribution in [0, 0.1) is 13.8 Å². The van der Waals surface area contributed by atoms with Crippen molar-refractivity contribution >= 4 is 16.7 Å². The van der Waals surface area contributed by atoms with Gasteiger partial charge in [0, 0.05) is 12.4 Å². The zero-order valence-electron chi connectivity index (χ0n) is 8.76. The normalized spacial score (nSPS) is 10.5. The van der Waals surface area contributed by atoms with E-state index in [0.29, 0.717) is 0 Å². The SMILES string of the molecule is CNc1cc(C)c2cccc(C)c2n1. The number of aryl methyl sites for hydroxylation is 2. The van der Waals surface area contributed by atoms with E-state index in [1.165, 1.54) is 16.5 Å². The van der Waals surface area contributed by atoms with E-state index in [4.69, 9.17) is 0 Å². The summed E-state index contributed by atoms with van der Waals surface area (Å²) in [6.45, 7) is 4.21. The first-order valence-electron chi connectivity index (χ1n) is 4.77. The Morgan fingerprint density at radius 2 is 1.93 bits per heavy atom. The van der Waals surface area contributed by atoms with Crippen LogP contribution >= 0.6 is 0 Å². The Bertz CT molecular complexity index is 475. The fourth-order valence-electron chi connectivity index (χ4n) is 1.69. The number of nitrogens with zero attached hydrogens (tertiary/aromatic N) is 1. The van der Waals surface area contributed by atoms with Gasteiger partial charge in [-0.1, -0.05) is 18.2 Å². The minimum Gasteiger partial charge on any atom is -0.373 e. The maximum absolute atomic E-state index is 4.54. The van der Waals surface area contributed by atoms with Gasteiger partial charge in [0.1, 0.15) is 5.82 Å². The van der Waals surface area contributed by atoms with Crippen LogP contribution in [-0.2, 0) is 0 Å². The molecule has 1 aromatic heterocycles. The van der Waals surface area contributed by atoms with Gasteiger partial charge in [0.25, 0.3) is 0 Å². The molecule has 0 aliphatic carbocycles. The topological polar surface area (TPSA) is 24.9 Å². The molecule has 0 spiro atoms. The lowest BCUT2D eigenvalue weighted by molar-refractivity contribution is 1.30. The maximum Gasteiger partial charge on any atom is 0.126 e. The quantitative estimate of drug-likeness (QED) is 0.740. The van der Waals surface area contributed by atoms with Gasteiger partial charge in [-0.25, -0.2) is 4.98 Å². The molecular formula is C12H14N2. The van der Waals surface area contributed by atoms with E-state index < -0.39 is 0 Å². The summed E-state index contributed by atoms with van der Waals surface area (Å²) >= 11 is 0. The van der Waals surface area contributed by atoms with Crippen molar-refractivity contribution in [3.8, 4) is 0 Å². The molecule has 0 unspecified atom stereocenters. The lowest BCUT2D eigenvalue weighted by Gasteiger charge is -2.07. The molecule has 1 heterocycles. The summed E-state index contributed by atoms with van der Waals surface area (Å²) in [5, 5.41) is 4.32. The molecule has 0 aliphatic heterocycles. The number of hydrogen-bond acceptors (Lipinski definition) is 2. The van der Waals surface area contributed by atoms with Crippen molar-refractivity contribution in [1.82, 2.24) is 4.98 Å². The predicted octanol–water partition coefficient (Wildman–Crippen LogP) is 2.89. The minimum absolute atomic E-state index is 0.935. The van der Waals surface area contributed by atoms with Crippen LogP contribution in [0.1, 0.15) is 11.1 Å². The Hall–Kier alpha value is -1.57. The second-order valence-electron chi connectivity index (χ2n) is 3.55. The largest absolute Gasteiger partial charge is 0.373 e. The predicted molar refractivity (Wildman–Crippen MR) is 60.8 cm³/mol. The molecule has 14 heavy (non-hydrogen) atoms. The van der Waals surface area contributed by atoms with Crippen molar-refractivity contribution in [3.63, 3.8) is 0 Å². The highest BCUT2D eigenvalue weighted by molar-refractivity contribution is 5.86. The summed E-state index contributed by atoms with van der Waals surface area (Å²) in [6, 6.07) is 8.35. The lowest BCUT2D eigenvalue weighted by Crippen LogP contribution is -1.95. The van der Waals surface area contributed by atoms with E-state index in [9.17, 15) is 0 Å². The smallest absolute Gasteiger partial charge is 0.126 e. The number of benzene rings is 1. The maximum atomic E-state index is 4.54. The van der Waals surface area contributed by atoms with Crippen LogP contribution < -0.4 is 5.32 Å². The Balaban J connectivity index is 2.83. The van der Waals surface area contributed by atoms with Crippen LogP contribution in [0.25, 0.3) is 10.9 Å². The van der Waals surface area contributed by atoms with Crippen LogP contribution in [-0.4, -0.2) is 12.0 Å². The first-order chi connectivity index (χ1) is 6.72. The summed E-state index contributed by atoms with van der Waals surface area (Å²) in [7, 11) is 1.89. The molecular weight excluding hydrogens is 172 g/mol. The van der Waals surface area contributed by atoms with Gasteiger partial charge in [0.2, 0.25) is 0 Å². The van der Waals surface area contributed by atoms with Gasteiger partial charge < -0.3 is 5.32 Å². The number of aromatic nitrogens is 1. The molecule has 0 bridgehead atoms. The number of pyridine rings is 1. The number of anilines is 1. The van der Waals surface area contributed by atoms with E-state index in [1.807, 2.05) is 7.05 Å². The monoisotopic (exact) mass is 186 g/mol. The Kier molecular flexibility index (Phi) is 2.12. The summed E-state index contributed by atoms with van der Waals surface area (Å²) in [5.74, 6) is 0.935. The van der Waals surface area contributed by atoms with Crippen molar-refractivity contribution in [2.75, 3.05) is 12.4 Å². The van der Waals surface area contributed by atoms with Crippen molar-refractivity contribution < 1.29 is 0 Å². The molecule has 0 saturated heterocycles. The van der Waals surface area contributed by atoms with Crippen LogP contribution in [0.4, 0.5) is 5.82 Å². The minimum atomic E-state index is 0.935. The van der Waals surface area contributed by atoms with Crippen LogP contribution in [0.3, 0.4) is 0 Å². The van der Waals surface area contributed by atoms with Gasteiger partial charge in [-0.3, -0.25) is 0 Å². The van der Waals surface area contributed by atoms with Crippen molar-refractivity contribution in [3.05, 3.63) is 35.4 Å². The number of fused-ring (bicyclic) bond motifs is 1. The first kappa shape index (κ1) is 9.00. The van der Waals surface area contributed by atoms with Gasteiger partial charge in [-0.15, -0.1) is 0 Å². The third kappa shape index (κ3) is 1.33. The van der Waals surface area contributed by atoms with Gasteiger partial charge in [0.15, 0.2) is 0 Å². The third-order valence-electron chi connectivity index (χ3n) is 2.50. The average Bonchev–Trinajstić information content (AvgIpc) is 2.19. The summed E-state index contributed by atoms with van der Waals surface area (Å²) in [6.07, 6.45) is 0. The summed E-state index contributed by atoms with van der Waals surface area (Å²) in [4.78, 5) is 4.54. The summed E-state index contributed by atoms with van der Waals surface area (Å²) < 4.78 is 0. The van der Waals surface area contributed by atoms with Gasteiger partial charge in [0.05, 0.1) is 5.52 Å². The molecule has 0 amide bonds. The highest BCUT2D eigenvalue weighted by Crippen LogP contribution is 2.22. The molecule has 1 N–H and O–H groups in total. The van der Waals surface area contributed by atoms with E-state index in [1.54, 1.807) is 0 Å². The fraction of sp³-hybridized carbons (Fsp3) is 0.250. The zero-order valence-corrected chi connectivity index (χ0v) is 8.76. The second kappa shape index (κ2) is 3.29. The van der Waals surface area contributed by atoms with Crippen LogP contribution in [0.15, 0.2) is 24.3 Å². The highest BCUT2D eigenvalue weighted by atomic mass is 15.0. The Morgan fingerprint density at radius 3 is 2.64 bits per heavy atom. The number of hydrogen-bond donors (Lipinski definition) is 1. The molecule has 0 aliphatic rings. The number of rotatable bonds is 1. The number of nitrogens with one attached hydrogen (secondary N) is 1. The Morgan fingerprint density at radius 1 is 1.14 bits per heavy atom. The van der Waals surface area contributed by atoms with Crippen molar-refractivity contribution in [1.29, 1.82) is 0 Å². The van der Waals surface area contributed by atoms with Crippen LogP contribution in [0.2, 0.25) is 0 Å². The van der Waals surface area contributed by atoms with Crippen LogP contribution in [0.5, 0.6) is 0 Å². The molecule has 2 heteroatoms. The highest BCUT2D eigenvalue weighted by Gasteiger charge is 2.02. The fourth-order valence-corrected chi connectivity index (χ4v) is 1.69. The standard InChI is InChI=1S/C12H14N2/c1-8-5-4-6-10-9(2)7-11(13-3)14-12(8)10/h4-7H,1-3H3,(H,13,14). The average molecular weight is 186 g/mol. The van der Waals surface area contributed by atoms with Gasteiger partial charge >= 0.3 is 0 Å². The molecule has 1 aromatic carbocycles. The lowest BCUT2D eigenvalue weighted by atomic mass is 10.1. The molecule has 0 atom stereocenters. The summed E-state index contributed by atoms with van der Waals surface area (Å²) in [5.41, 5.74) is 3.59. The van der Waals surface area contributed by atoms with E-state index in [2.05, 4.69) is 48.4 Å². The molecule has 2 nitrogen and oxygen atoms in total. The number of para-hydroxylation sites is 1. The molecule has 72 valence electrons. The first-order valence-corrected chi connectivity index (χ1v) is 4.77. The van der Waals surface area contributed by atoms with Gasteiger partial charge in [-0.05, 0) is 31.0 Å². The molecule has 0 fully saturated rings. The van der Waals surface area contributed by atoms with E-state index >= 15 is 0 Å². The Labute approximate surface area is 84.0 Å². The molecule has 2 aromatic rings. The van der Waals surface area contributed by atoms with Gasteiger partial charge in [-0.2, -0.15) is 0 Å². The van der Waals surface area contributed by atoms with Crippen molar-refractivity contribution in [2.45, 2.75) is 13.8 Å². The zero-order chi connectivity index (χ0) is 10.1. The molecule has 0 saturated carbocycles. The van der Waals surface area contributed by atoms with Crippen molar-refractivity contribution in [2.24, 2.45) is 0 Å². The molecule has 2 rings (SSSR count). The second-order valence-corrected chi connectivity index (χ2v) is 3.55. The third-order valence-corrected chi connectivity index (χ3v) is 2.50. The molecule has 0 radical (unpaired) electrons.